The number of carbonyl (C=O) groups excluding carboxylic acids is 2. The Morgan fingerprint density at radius 3 is 2.62 bits per heavy atom. The first-order valence-corrected chi connectivity index (χ1v) is 5.96. The van der Waals surface area contributed by atoms with E-state index in [9.17, 15) is 9.59 Å². The van der Waals surface area contributed by atoms with E-state index < -0.39 is 11.8 Å². The molecule has 2 aliphatic heterocycles. The highest BCUT2D eigenvalue weighted by atomic mass is 16.5. The molecule has 0 bridgehead atoms. The summed E-state index contributed by atoms with van der Waals surface area (Å²) in [6.07, 6.45) is 4.12. The van der Waals surface area contributed by atoms with Gasteiger partial charge in [-0.05, 0) is 25.7 Å². The van der Waals surface area contributed by atoms with Crippen molar-refractivity contribution in [2.75, 3.05) is 26.2 Å². The minimum atomic E-state index is -0.489. The number of nitrogens with zero attached hydrogens (tertiary/aromatic N) is 1. The lowest BCUT2D eigenvalue weighted by atomic mass is 10.2. The molecule has 0 spiro atoms. The van der Waals surface area contributed by atoms with Crippen molar-refractivity contribution in [1.82, 2.24) is 10.2 Å². The molecule has 2 rings (SSSR count). The summed E-state index contributed by atoms with van der Waals surface area (Å²) in [6.45, 7) is 2.65. The van der Waals surface area contributed by atoms with Gasteiger partial charge in [-0.3, -0.25) is 9.59 Å². The molecule has 0 aromatic carbocycles. The van der Waals surface area contributed by atoms with Gasteiger partial charge in [0.25, 0.3) is 0 Å². The Hall–Kier alpha value is -1.10. The zero-order chi connectivity index (χ0) is 11.4. The molecule has 1 atom stereocenters. The minimum Gasteiger partial charge on any atom is -0.376 e. The van der Waals surface area contributed by atoms with Crippen molar-refractivity contribution in [1.29, 1.82) is 0 Å². The van der Waals surface area contributed by atoms with Gasteiger partial charge in [-0.25, -0.2) is 0 Å². The molecular weight excluding hydrogens is 208 g/mol. The smallest absolute Gasteiger partial charge is 0.311 e. The fourth-order valence-electron chi connectivity index (χ4n) is 2.15. The van der Waals surface area contributed by atoms with Gasteiger partial charge in [-0.15, -0.1) is 0 Å². The van der Waals surface area contributed by atoms with Crippen molar-refractivity contribution < 1.29 is 14.3 Å². The monoisotopic (exact) mass is 226 g/mol. The van der Waals surface area contributed by atoms with Crippen LogP contribution in [-0.2, 0) is 14.3 Å². The van der Waals surface area contributed by atoms with Crippen LogP contribution in [0.15, 0.2) is 0 Å². The maximum atomic E-state index is 11.6. The molecule has 0 radical (unpaired) electrons. The Kier molecular flexibility index (Phi) is 3.77. The van der Waals surface area contributed by atoms with Crippen molar-refractivity contribution in [3.05, 3.63) is 0 Å². The van der Waals surface area contributed by atoms with Crippen molar-refractivity contribution >= 4 is 11.8 Å². The van der Waals surface area contributed by atoms with Crippen LogP contribution in [-0.4, -0.2) is 49.1 Å². The fraction of sp³-hybridized carbons (Fsp3) is 0.818. The van der Waals surface area contributed by atoms with Gasteiger partial charge in [-0.2, -0.15) is 0 Å². The number of rotatable bonds is 2. The number of likely N-dealkylation sites (tertiary alicyclic amines) is 1. The average molecular weight is 226 g/mol. The summed E-state index contributed by atoms with van der Waals surface area (Å²) in [6, 6.07) is 0. The Morgan fingerprint density at radius 1 is 1.25 bits per heavy atom. The third-order valence-electron chi connectivity index (χ3n) is 3.10. The van der Waals surface area contributed by atoms with Gasteiger partial charge in [0.2, 0.25) is 0 Å². The minimum absolute atomic E-state index is 0.0929. The Labute approximate surface area is 95.1 Å². The molecule has 5 heteroatoms. The number of hydrogen-bond acceptors (Lipinski definition) is 3. The number of hydrogen-bond donors (Lipinski definition) is 1. The first-order valence-electron chi connectivity index (χ1n) is 5.96. The number of amides is 2. The zero-order valence-corrected chi connectivity index (χ0v) is 9.41. The molecular formula is C11H18N2O3. The summed E-state index contributed by atoms with van der Waals surface area (Å²) < 4.78 is 5.37. The van der Waals surface area contributed by atoms with E-state index in [0.29, 0.717) is 19.6 Å². The molecule has 0 aliphatic carbocycles. The Morgan fingerprint density at radius 2 is 2.00 bits per heavy atom. The first-order chi connectivity index (χ1) is 7.77. The number of nitrogens with one attached hydrogen (secondary N) is 1. The molecule has 2 amide bonds. The third-order valence-corrected chi connectivity index (χ3v) is 3.10. The second kappa shape index (κ2) is 5.30. The van der Waals surface area contributed by atoms with Crippen LogP contribution < -0.4 is 5.32 Å². The number of carbonyl (C=O) groups is 2. The van der Waals surface area contributed by atoms with Crippen LogP contribution in [0.1, 0.15) is 25.7 Å². The largest absolute Gasteiger partial charge is 0.376 e. The highest BCUT2D eigenvalue weighted by Crippen LogP contribution is 2.11. The molecule has 2 fully saturated rings. The van der Waals surface area contributed by atoms with Crippen molar-refractivity contribution in [2.24, 2.45) is 0 Å². The summed E-state index contributed by atoms with van der Waals surface area (Å²) in [7, 11) is 0. The van der Waals surface area contributed by atoms with Crippen molar-refractivity contribution in [3.8, 4) is 0 Å². The lowest BCUT2D eigenvalue weighted by Gasteiger charge is -2.15. The molecule has 2 aliphatic rings. The molecule has 16 heavy (non-hydrogen) atoms. The van der Waals surface area contributed by atoms with E-state index in [0.717, 1.165) is 32.3 Å². The van der Waals surface area contributed by atoms with E-state index in [1.807, 2.05) is 0 Å². The van der Waals surface area contributed by atoms with E-state index in [4.69, 9.17) is 4.74 Å². The van der Waals surface area contributed by atoms with Crippen LogP contribution in [0.5, 0.6) is 0 Å². The summed E-state index contributed by atoms with van der Waals surface area (Å²) in [5, 5.41) is 2.65. The van der Waals surface area contributed by atoms with Gasteiger partial charge < -0.3 is 15.0 Å². The van der Waals surface area contributed by atoms with Gasteiger partial charge in [0.15, 0.2) is 0 Å². The first kappa shape index (κ1) is 11.4. The zero-order valence-electron chi connectivity index (χ0n) is 9.41. The van der Waals surface area contributed by atoms with E-state index in [1.54, 1.807) is 4.90 Å². The maximum Gasteiger partial charge on any atom is 0.311 e. The lowest BCUT2D eigenvalue weighted by molar-refractivity contribution is -0.145. The molecule has 1 N–H and O–H groups in total. The Balaban J connectivity index is 1.71. The second-order valence-corrected chi connectivity index (χ2v) is 4.34. The van der Waals surface area contributed by atoms with Crippen LogP contribution in [0.2, 0.25) is 0 Å². The lowest BCUT2D eigenvalue weighted by Crippen LogP contribution is -2.43. The standard InChI is InChI=1S/C11H18N2O3/c14-10(11(15)13-5-1-2-6-13)12-8-9-4-3-7-16-9/h9H,1-8H2,(H,12,14)/t9-/m1/s1. The van der Waals surface area contributed by atoms with Crippen LogP contribution in [0, 0.1) is 0 Å². The molecule has 0 unspecified atom stereocenters. The van der Waals surface area contributed by atoms with Crippen LogP contribution >= 0.6 is 0 Å². The molecule has 2 heterocycles. The molecule has 0 aromatic rings. The summed E-state index contributed by atoms with van der Waals surface area (Å²) in [5.74, 6) is -0.882. The normalized spacial score (nSPS) is 24.8. The van der Waals surface area contributed by atoms with Gasteiger partial charge in [-0.1, -0.05) is 0 Å². The van der Waals surface area contributed by atoms with Gasteiger partial charge in [0.1, 0.15) is 0 Å². The van der Waals surface area contributed by atoms with Crippen molar-refractivity contribution in [3.63, 3.8) is 0 Å². The second-order valence-electron chi connectivity index (χ2n) is 4.34. The molecule has 5 nitrogen and oxygen atoms in total. The van der Waals surface area contributed by atoms with E-state index in [1.165, 1.54) is 0 Å². The van der Waals surface area contributed by atoms with Crippen LogP contribution in [0.4, 0.5) is 0 Å². The van der Waals surface area contributed by atoms with Crippen LogP contribution in [0.25, 0.3) is 0 Å². The fourth-order valence-corrected chi connectivity index (χ4v) is 2.15. The third kappa shape index (κ3) is 2.72. The van der Waals surface area contributed by atoms with E-state index in [-0.39, 0.29) is 6.10 Å². The highest BCUT2D eigenvalue weighted by molar-refractivity contribution is 6.35. The van der Waals surface area contributed by atoms with E-state index >= 15 is 0 Å². The summed E-state index contributed by atoms with van der Waals surface area (Å²) in [5.41, 5.74) is 0. The average Bonchev–Trinajstić information content (AvgIpc) is 2.96. The topological polar surface area (TPSA) is 58.6 Å². The summed E-state index contributed by atoms with van der Waals surface area (Å²) >= 11 is 0. The highest BCUT2D eigenvalue weighted by Gasteiger charge is 2.25. The molecule has 2 saturated heterocycles. The Bertz CT molecular complexity index is 268. The quantitative estimate of drug-likeness (QED) is 0.669. The van der Waals surface area contributed by atoms with Gasteiger partial charge >= 0.3 is 11.8 Å². The number of ether oxygens (including phenoxy) is 1. The molecule has 90 valence electrons. The predicted octanol–water partition coefficient (Wildman–Crippen LogP) is -0.0960. The van der Waals surface area contributed by atoms with Gasteiger partial charge in [0, 0.05) is 26.2 Å². The maximum absolute atomic E-state index is 11.6. The molecule has 0 saturated carbocycles. The molecule has 0 aromatic heterocycles. The van der Waals surface area contributed by atoms with Crippen molar-refractivity contribution in [2.45, 2.75) is 31.8 Å². The SMILES string of the molecule is O=C(NC[C@H]1CCCO1)C(=O)N1CCCC1. The van der Waals surface area contributed by atoms with Crippen LogP contribution in [0.3, 0.4) is 0 Å². The van der Waals surface area contributed by atoms with Gasteiger partial charge in [0.05, 0.1) is 6.10 Å². The predicted molar refractivity (Wildman–Crippen MR) is 57.8 cm³/mol. The summed E-state index contributed by atoms with van der Waals surface area (Å²) in [4.78, 5) is 24.8. The van der Waals surface area contributed by atoms with E-state index in [2.05, 4.69) is 5.32 Å².